The van der Waals surface area contributed by atoms with Gasteiger partial charge in [0, 0.05) is 12.7 Å². The molecule has 94 valence electrons. The van der Waals surface area contributed by atoms with Crippen LogP contribution in [-0.4, -0.2) is 34.4 Å². The SMILES string of the molecule is Nc1ccccc1N(CCO)C(=O)c1ccn[nH]1. The van der Waals surface area contributed by atoms with Crippen molar-refractivity contribution >= 4 is 17.3 Å². The van der Waals surface area contributed by atoms with Gasteiger partial charge in [0.05, 0.1) is 18.0 Å². The number of hydrogen-bond donors (Lipinski definition) is 3. The fourth-order valence-electron chi connectivity index (χ4n) is 1.69. The second-order valence-electron chi connectivity index (χ2n) is 3.71. The first-order valence-electron chi connectivity index (χ1n) is 5.50. The summed E-state index contributed by atoms with van der Waals surface area (Å²) in [6, 6.07) is 8.60. The highest BCUT2D eigenvalue weighted by Gasteiger charge is 2.19. The normalized spacial score (nSPS) is 10.3. The number of nitrogens with zero attached hydrogens (tertiary/aromatic N) is 2. The fraction of sp³-hybridized carbons (Fsp3) is 0.167. The second-order valence-corrected chi connectivity index (χ2v) is 3.71. The molecule has 2 rings (SSSR count). The van der Waals surface area contributed by atoms with E-state index in [9.17, 15) is 4.79 Å². The smallest absolute Gasteiger partial charge is 0.276 e. The van der Waals surface area contributed by atoms with E-state index < -0.39 is 0 Å². The summed E-state index contributed by atoms with van der Waals surface area (Å²) in [6.45, 7) is 0.0281. The van der Waals surface area contributed by atoms with Crippen LogP contribution in [0.2, 0.25) is 0 Å². The number of para-hydroxylation sites is 2. The van der Waals surface area contributed by atoms with Crippen LogP contribution >= 0.6 is 0 Å². The average molecular weight is 246 g/mol. The number of carbonyl (C=O) groups excluding carboxylic acids is 1. The number of nitrogen functional groups attached to an aromatic ring is 1. The monoisotopic (exact) mass is 246 g/mol. The number of H-pyrrole nitrogens is 1. The molecule has 6 heteroatoms. The van der Waals surface area contributed by atoms with Gasteiger partial charge in [-0.2, -0.15) is 5.10 Å². The first kappa shape index (κ1) is 12.1. The molecule has 0 aliphatic heterocycles. The Hall–Kier alpha value is -2.34. The maximum atomic E-state index is 12.2. The van der Waals surface area contributed by atoms with E-state index in [1.807, 2.05) is 0 Å². The van der Waals surface area contributed by atoms with E-state index in [1.165, 1.54) is 11.1 Å². The van der Waals surface area contributed by atoms with Gasteiger partial charge in [-0.25, -0.2) is 0 Å². The minimum absolute atomic E-state index is 0.145. The number of nitrogens with one attached hydrogen (secondary N) is 1. The van der Waals surface area contributed by atoms with Crippen molar-refractivity contribution in [2.45, 2.75) is 0 Å². The molecule has 1 heterocycles. The Balaban J connectivity index is 2.34. The minimum atomic E-state index is -0.278. The van der Waals surface area contributed by atoms with Gasteiger partial charge in [-0.3, -0.25) is 9.89 Å². The van der Waals surface area contributed by atoms with Crippen molar-refractivity contribution < 1.29 is 9.90 Å². The minimum Gasteiger partial charge on any atom is -0.397 e. The van der Waals surface area contributed by atoms with Gasteiger partial charge >= 0.3 is 0 Å². The predicted molar refractivity (Wildman–Crippen MR) is 68.2 cm³/mol. The molecule has 0 bridgehead atoms. The highest BCUT2D eigenvalue weighted by atomic mass is 16.3. The van der Waals surface area contributed by atoms with Crippen molar-refractivity contribution in [3.8, 4) is 0 Å². The maximum Gasteiger partial charge on any atom is 0.276 e. The number of aromatic nitrogens is 2. The van der Waals surface area contributed by atoms with Crippen LogP contribution in [0.15, 0.2) is 36.5 Å². The summed E-state index contributed by atoms with van der Waals surface area (Å²) in [7, 11) is 0. The molecule has 2 aromatic rings. The molecule has 1 aromatic heterocycles. The van der Waals surface area contributed by atoms with Gasteiger partial charge in [0.15, 0.2) is 0 Å². The van der Waals surface area contributed by atoms with E-state index in [-0.39, 0.29) is 19.1 Å². The lowest BCUT2D eigenvalue weighted by Gasteiger charge is -2.22. The summed E-state index contributed by atoms with van der Waals surface area (Å²) in [6.07, 6.45) is 1.50. The Morgan fingerprint density at radius 3 is 2.78 bits per heavy atom. The number of benzene rings is 1. The zero-order valence-electron chi connectivity index (χ0n) is 9.71. The molecule has 0 aliphatic carbocycles. The molecule has 0 fully saturated rings. The number of rotatable bonds is 4. The van der Waals surface area contributed by atoms with Crippen LogP contribution in [0.25, 0.3) is 0 Å². The van der Waals surface area contributed by atoms with Crippen molar-refractivity contribution in [2.24, 2.45) is 0 Å². The number of carbonyl (C=O) groups is 1. The molecule has 4 N–H and O–H groups in total. The lowest BCUT2D eigenvalue weighted by Crippen LogP contribution is -2.34. The number of hydrogen-bond acceptors (Lipinski definition) is 4. The Kier molecular flexibility index (Phi) is 3.59. The van der Waals surface area contributed by atoms with E-state index in [4.69, 9.17) is 10.8 Å². The highest BCUT2D eigenvalue weighted by Crippen LogP contribution is 2.23. The van der Waals surface area contributed by atoms with E-state index in [2.05, 4.69) is 10.2 Å². The fourth-order valence-corrected chi connectivity index (χ4v) is 1.69. The van der Waals surface area contributed by atoms with Crippen molar-refractivity contribution in [1.29, 1.82) is 0 Å². The molecule has 1 aromatic carbocycles. The first-order valence-corrected chi connectivity index (χ1v) is 5.50. The standard InChI is InChI=1S/C12H14N4O2/c13-9-3-1-2-4-11(9)16(7-8-17)12(18)10-5-6-14-15-10/h1-6,17H,7-8,13H2,(H,14,15). The summed E-state index contributed by atoms with van der Waals surface area (Å²) in [5.41, 5.74) is 7.26. The average Bonchev–Trinajstić information content (AvgIpc) is 2.90. The van der Waals surface area contributed by atoms with E-state index in [1.54, 1.807) is 30.3 Å². The molecule has 0 aliphatic rings. The van der Waals surface area contributed by atoms with E-state index in [0.29, 0.717) is 17.1 Å². The molecule has 0 saturated heterocycles. The second kappa shape index (κ2) is 5.33. The summed E-state index contributed by atoms with van der Waals surface area (Å²) in [5.74, 6) is -0.278. The van der Waals surface area contributed by atoms with E-state index in [0.717, 1.165) is 0 Å². The zero-order chi connectivity index (χ0) is 13.0. The lowest BCUT2D eigenvalue weighted by atomic mass is 10.2. The summed E-state index contributed by atoms with van der Waals surface area (Å²) >= 11 is 0. The molecule has 0 unspecified atom stereocenters. The molecular formula is C12H14N4O2. The van der Waals surface area contributed by atoms with Gasteiger partial charge < -0.3 is 15.7 Å². The Bertz CT molecular complexity index is 525. The van der Waals surface area contributed by atoms with Crippen LogP contribution in [0.3, 0.4) is 0 Å². The number of anilines is 2. The van der Waals surface area contributed by atoms with Gasteiger partial charge in [-0.05, 0) is 18.2 Å². The van der Waals surface area contributed by atoms with Crippen molar-refractivity contribution in [2.75, 3.05) is 23.8 Å². The summed E-state index contributed by atoms with van der Waals surface area (Å²) in [4.78, 5) is 13.7. The van der Waals surface area contributed by atoms with E-state index >= 15 is 0 Å². The van der Waals surface area contributed by atoms with Gasteiger partial charge in [0.1, 0.15) is 5.69 Å². The number of aliphatic hydroxyl groups excluding tert-OH is 1. The third-order valence-electron chi connectivity index (χ3n) is 2.53. The zero-order valence-corrected chi connectivity index (χ0v) is 9.71. The van der Waals surface area contributed by atoms with Crippen molar-refractivity contribution in [1.82, 2.24) is 10.2 Å². The van der Waals surface area contributed by atoms with Gasteiger partial charge in [-0.15, -0.1) is 0 Å². The molecule has 6 nitrogen and oxygen atoms in total. The Morgan fingerprint density at radius 2 is 2.17 bits per heavy atom. The summed E-state index contributed by atoms with van der Waals surface area (Å²) < 4.78 is 0. The topological polar surface area (TPSA) is 95.2 Å². The van der Waals surface area contributed by atoms with Crippen molar-refractivity contribution in [3.05, 3.63) is 42.2 Å². The predicted octanol–water partition coefficient (Wildman–Crippen LogP) is 0.631. The summed E-state index contributed by atoms with van der Waals surface area (Å²) in [5, 5.41) is 15.4. The van der Waals surface area contributed by atoms with Crippen molar-refractivity contribution in [3.63, 3.8) is 0 Å². The molecule has 18 heavy (non-hydrogen) atoms. The van der Waals surface area contributed by atoms with Gasteiger partial charge in [0.25, 0.3) is 5.91 Å². The number of aliphatic hydroxyl groups is 1. The molecule has 0 radical (unpaired) electrons. The third kappa shape index (κ3) is 2.33. The molecule has 1 amide bonds. The third-order valence-corrected chi connectivity index (χ3v) is 2.53. The first-order chi connectivity index (χ1) is 8.74. The molecule has 0 saturated carbocycles. The molecular weight excluding hydrogens is 232 g/mol. The number of nitrogens with two attached hydrogens (primary N) is 1. The van der Waals surface area contributed by atoms with Crippen LogP contribution in [0.4, 0.5) is 11.4 Å². The van der Waals surface area contributed by atoms with Crippen LogP contribution < -0.4 is 10.6 Å². The highest BCUT2D eigenvalue weighted by molar-refractivity contribution is 6.06. The number of amides is 1. The van der Waals surface area contributed by atoms with Crippen LogP contribution in [0, 0.1) is 0 Å². The molecule has 0 atom stereocenters. The lowest BCUT2D eigenvalue weighted by molar-refractivity contribution is 0.0976. The van der Waals surface area contributed by atoms with Gasteiger partial charge in [-0.1, -0.05) is 12.1 Å². The maximum absolute atomic E-state index is 12.2. The Morgan fingerprint density at radius 1 is 1.39 bits per heavy atom. The van der Waals surface area contributed by atoms with Crippen LogP contribution in [0.5, 0.6) is 0 Å². The van der Waals surface area contributed by atoms with Crippen LogP contribution in [0.1, 0.15) is 10.5 Å². The van der Waals surface area contributed by atoms with Crippen LogP contribution in [-0.2, 0) is 0 Å². The number of aromatic amines is 1. The quantitative estimate of drug-likeness (QED) is 0.689. The van der Waals surface area contributed by atoms with Gasteiger partial charge in [0.2, 0.25) is 0 Å². The molecule has 0 spiro atoms. The Labute approximate surface area is 104 Å². The largest absolute Gasteiger partial charge is 0.397 e.